The normalized spacial score (nSPS) is 19.1. The summed E-state index contributed by atoms with van der Waals surface area (Å²) in [5.74, 6) is 0.766. The molecule has 8 nitrogen and oxygen atoms in total. The summed E-state index contributed by atoms with van der Waals surface area (Å²) in [7, 11) is 0. The molecule has 4 rings (SSSR count). The highest BCUT2D eigenvalue weighted by atomic mass is 19.4. The van der Waals surface area contributed by atoms with Gasteiger partial charge in [-0.3, -0.25) is 9.59 Å². The second kappa shape index (κ2) is 11.4. The van der Waals surface area contributed by atoms with Gasteiger partial charge in [-0.15, -0.1) is 0 Å². The number of fused-ring (bicyclic) bond motifs is 1. The van der Waals surface area contributed by atoms with Crippen molar-refractivity contribution in [1.29, 1.82) is 0 Å². The summed E-state index contributed by atoms with van der Waals surface area (Å²) in [6.45, 7) is 4.27. The number of ether oxygens (including phenoxy) is 1. The molecule has 200 valence electrons. The number of hydrogen-bond acceptors (Lipinski definition) is 6. The van der Waals surface area contributed by atoms with E-state index >= 15 is 0 Å². The molecular weight excluding hydrogens is 487 g/mol. The number of carbonyl (C=O) groups excluding carboxylic acids is 2. The third-order valence-corrected chi connectivity index (χ3v) is 7.08. The number of halogens is 3. The van der Waals surface area contributed by atoms with Crippen molar-refractivity contribution < 1.29 is 27.5 Å². The SMILES string of the molecule is Cc1nccc(N2CCCC3(CCN(C(=O)CC(F)(F)F)CC3)COc3ccccc3C(=O)NCC2)n1. The van der Waals surface area contributed by atoms with Crippen molar-refractivity contribution in [2.24, 2.45) is 5.41 Å². The molecule has 2 aromatic rings. The zero-order valence-corrected chi connectivity index (χ0v) is 20.9. The molecule has 2 aliphatic rings. The number of aromatic nitrogens is 2. The molecule has 2 amide bonds. The number of anilines is 1. The molecule has 0 bridgehead atoms. The van der Waals surface area contributed by atoms with Crippen molar-refractivity contribution in [3.8, 4) is 5.75 Å². The molecule has 0 unspecified atom stereocenters. The first kappa shape index (κ1) is 26.7. The van der Waals surface area contributed by atoms with Crippen LogP contribution in [0.4, 0.5) is 19.0 Å². The van der Waals surface area contributed by atoms with E-state index in [-0.39, 0.29) is 24.4 Å². The predicted molar refractivity (Wildman–Crippen MR) is 131 cm³/mol. The third kappa shape index (κ3) is 7.11. The smallest absolute Gasteiger partial charge is 0.397 e. The molecule has 37 heavy (non-hydrogen) atoms. The molecule has 0 atom stereocenters. The van der Waals surface area contributed by atoms with Crippen molar-refractivity contribution in [1.82, 2.24) is 20.2 Å². The van der Waals surface area contributed by atoms with E-state index in [1.54, 1.807) is 30.5 Å². The average Bonchev–Trinajstić information content (AvgIpc) is 2.86. The molecule has 1 N–H and O–H groups in total. The van der Waals surface area contributed by atoms with Gasteiger partial charge in [0, 0.05) is 44.3 Å². The summed E-state index contributed by atoms with van der Waals surface area (Å²) < 4.78 is 44.5. The standard InChI is InChI=1S/C26H32F3N5O3/c1-19-30-11-7-22(32-19)33-13-4-8-25(9-14-34(15-10-25)23(35)17-26(27,28)29)18-37-21-6-3-2-5-20(21)24(36)31-12-16-33/h2-3,5-7,11H,4,8-10,12-18H2,1H3,(H,31,36). The zero-order chi connectivity index (χ0) is 26.5. The van der Waals surface area contributed by atoms with Crippen molar-refractivity contribution in [2.45, 2.75) is 45.2 Å². The van der Waals surface area contributed by atoms with Crippen LogP contribution in [0.1, 0.15) is 48.3 Å². The Balaban J connectivity index is 1.54. The number of benzene rings is 1. The topological polar surface area (TPSA) is 87.7 Å². The van der Waals surface area contributed by atoms with Crippen LogP contribution in [-0.2, 0) is 4.79 Å². The first-order chi connectivity index (χ1) is 17.6. The van der Waals surface area contributed by atoms with Gasteiger partial charge in [-0.05, 0) is 50.8 Å². The minimum absolute atomic E-state index is 0.240. The second-order valence-corrected chi connectivity index (χ2v) is 9.77. The van der Waals surface area contributed by atoms with Gasteiger partial charge in [-0.1, -0.05) is 12.1 Å². The second-order valence-electron chi connectivity index (χ2n) is 9.77. The number of para-hydroxylation sites is 1. The van der Waals surface area contributed by atoms with Crippen LogP contribution < -0.4 is 15.0 Å². The monoisotopic (exact) mass is 519 g/mol. The number of nitrogens with zero attached hydrogens (tertiary/aromatic N) is 4. The maximum Gasteiger partial charge on any atom is 0.397 e. The Bertz CT molecular complexity index is 1100. The molecule has 3 heterocycles. The number of carbonyl (C=O) groups is 2. The number of hydrogen-bond donors (Lipinski definition) is 1. The van der Waals surface area contributed by atoms with Gasteiger partial charge in [0.1, 0.15) is 23.8 Å². The molecule has 2 aliphatic heterocycles. The highest BCUT2D eigenvalue weighted by Crippen LogP contribution is 2.38. The first-order valence-electron chi connectivity index (χ1n) is 12.5. The number of piperidine rings is 1. The molecule has 0 radical (unpaired) electrons. The zero-order valence-electron chi connectivity index (χ0n) is 20.9. The maximum absolute atomic E-state index is 12.9. The van der Waals surface area contributed by atoms with Gasteiger partial charge in [0.25, 0.3) is 5.91 Å². The molecule has 1 aromatic carbocycles. The van der Waals surface area contributed by atoms with E-state index in [1.165, 1.54) is 4.90 Å². The van der Waals surface area contributed by atoms with E-state index in [4.69, 9.17) is 4.74 Å². The fourth-order valence-electron chi connectivity index (χ4n) is 5.00. The van der Waals surface area contributed by atoms with Gasteiger partial charge in [-0.2, -0.15) is 13.2 Å². The van der Waals surface area contributed by atoms with Crippen LogP contribution >= 0.6 is 0 Å². The first-order valence-corrected chi connectivity index (χ1v) is 12.5. The van der Waals surface area contributed by atoms with Crippen LogP contribution in [0.5, 0.6) is 5.75 Å². The van der Waals surface area contributed by atoms with Gasteiger partial charge >= 0.3 is 6.18 Å². The van der Waals surface area contributed by atoms with Crippen LogP contribution in [-0.4, -0.2) is 72.2 Å². The number of alkyl halides is 3. The lowest BCUT2D eigenvalue weighted by atomic mass is 9.75. The Labute approximate surface area is 214 Å². The van der Waals surface area contributed by atoms with Crippen LogP contribution in [0.3, 0.4) is 0 Å². The molecule has 1 saturated heterocycles. The number of rotatable bonds is 2. The number of amides is 2. The fraction of sp³-hybridized carbons (Fsp3) is 0.538. The lowest BCUT2D eigenvalue weighted by molar-refractivity contribution is -0.163. The quantitative estimate of drug-likeness (QED) is 0.650. The minimum Gasteiger partial charge on any atom is -0.492 e. The molecule has 1 aromatic heterocycles. The molecule has 1 fully saturated rings. The molecule has 0 saturated carbocycles. The van der Waals surface area contributed by atoms with Crippen molar-refractivity contribution >= 4 is 17.6 Å². The van der Waals surface area contributed by atoms with Crippen LogP contribution in [0.2, 0.25) is 0 Å². The predicted octanol–water partition coefficient (Wildman–Crippen LogP) is 3.76. The van der Waals surface area contributed by atoms with E-state index < -0.39 is 18.5 Å². The summed E-state index contributed by atoms with van der Waals surface area (Å²) in [5, 5.41) is 2.96. The lowest BCUT2D eigenvalue weighted by Gasteiger charge is -2.42. The van der Waals surface area contributed by atoms with Gasteiger partial charge in [0.05, 0.1) is 12.2 Å². The Kier molecular flexibility index (Phi) is 8.19. The molecule has 11 heteroatoms. The molecular formula is C26H32F3N5O3. The summed E-state index contributed by atoms with van der Waals surface area (Å²) in [6.07, 6.45) is -1.65. The van der Waals surface area contributed by atoms with E-state index in [0.717, 1.165) is 18.7 Å². The summed E-state index contributed by atoms with van der Waals surface area (Å²) in [5.41, 5.74) is 0.0963. The Morgan fingerprint density at radius 1 is 1.11 bits per heavy atom. The fourth-order valence-corrected chi connectivity index (χ4v) is 5.00. The van der Waals surface area contributed by atoms with Crippen LogP contribution in [0, 0.1) is 12.3 Å². The molecule has 1 spiro atoms. The molecule has 0 aliphatic carbocycles. The summed E-state index contributed by atoms with van der Waals surface area (Å²) in [6, 6.07) is 8.87. The van der Waals surface area contributed by atoms with E-state index in [1.807, 2.05) is 13.0 Å². The average molecular weight is 520 g/mol. The Morgan fingerprint density at radius 2 is 1.86 bits per heavy atom. The van der Waals surface area contributed by atoms with Crippen molar-refractivity contribution in [3.63, 3.8) is 0 Å². The highest BCUT2D eigenvalue weighted by molar-refractivity contribution is 5.96. The maximum atomic E-state index is 12.9. The summed E-state index contributed by atoms with van der Waals surface area (Å²) >= 11 is 0. The lowest BCUT2D eigenvalue weighted by Crippen LogP contribution is -2.46. The van der Waals surface area contributed by atoms with Gasteiger partial charge in [0.15, 0.2) is 0 Å². The van der Waals surface area contributed by atoms with Gasteiger partial charge in [0.2, 0.25) is 5.91 Å². The third-order valence-electron chi connectivity index (χ3n) is 7.08. The Hall–Kier alpha value is -3.37. The van der Waals surface area contributed by atoms with Gasteiger partial charge in [-0.25, -0.2) is 9.97 Å². The van der Waals surface area contributed by atoms with Gasteiger partial charge < -0.3 is 19.9 Å². The number of nitrogens with one attached hydrogen (secondary N) is 1. The van der Waals surface area contributed by atoms with Crippen LogP contribution in [0.25, 0.3) is 0 Å². The highest BCUT2D eigenvalue weighted by Gasteiger charge is 2.39. The van der Waals surface area contributed by atoms with E-state index in [2.05, 4.69) is 20.2 Å². The minimum atomic E-state index is -4.52. The number of aryl methyl sites for hydroxylation is 1. The van der Waals surface area contributed by atoms with Crippen LogP contribution in [0.15, 0.2) is 36.5 Å². The van der Waals surface area contributed by atoms with Crippen molar-refractivity contribution in [3.05, 3.63) is 47.9 Å². The summed E-state index contributed by atoms with van der Waals surface area (Å²) in [4.78, 5) is 37.2. The van der Waals surface area contributed by atoms with E-state index in [9.17, 15) is 22.8 Å². The number of likely N-dealkylation sites (tertiary alicyclic amines) is 1. The Morgan fingerprint density at radius 3 is 2.59 bits per heavy atom. The van der Waals surface area contributed by atoms with Crippen molar-refractivity contribution in [2.75, 3.05) is 44.2 Å². The largest absolute Gasteiger partial charge is 0.492 e. The van der Waals surface area contributed by atoms with E-state index in [0.29, 0.717) is 56.2 Å².